The number of carbonyl (C=O) groups is 1. The first-order valence-corrected chi connectivity index (χ1v) is 5.58. The number of aryl methyl sites for hydroxylation is 1. The quantitative estimate of drug-likeness (QED) is 0.439. The van der Waals surface area contributed by atoms with E-state index in [1.807, 2.05) is 67.6 Å². The zero-order valence-electron chi connectivity index (χ0n) is 9.76. The molecule has 0 heterocycles. The summed E-state index contributed by atoms with van der Waals surface area (Å²) in [5.74, 6) is 0. The summed E-state index contributed by atoms with van der Waals surface area (Å²) >= 11 is 0. The fraction of sp³-hybridized carbons (Fsp3) is 0.0625. The number of rotatable bonds is 3. The van der Waals surface area contributed by atoms with Gasteiger partial charge in [-0.05, 0) is 24.1 Å². The van der Waals surface area contributed by atoms with Gasteiger partial charge in [0.15, 0.2) is 6.29 Å². The Morgan fingerprint density at radius 1 is 0.941 bits per heavy atom. The summed E-state index contributed by atoms with van der Waals surface area (Å²) in [6.07, 6.45) is 2.80. The Morgan fingerprint density at radius 2 is 1.59 bits per heavy atom. The Kier molecular flexibility index (Phi) is 3.51. The van der Waals surface area contributed by atoms with Crippen molar-refractivity contribution in [3.8, 4) is 0 Å². The van der Waals surface area contributed by atoms with Crippen molar-refractivity contribution in [1.82, 2.24) is 0 Å². The normalized spacial score (nSPS) is 11.2. The fourth-order valence-electron chi connectivity index (χ4n) is 1.66. The first-order chi connectivity index (χ1) is 8.29. The van der Waals surface area contributed by atoms with E-state index in [-0.39, 0.29) is 0 Å². The van der Waals surface area contributed by atoms with Crippen LogP contribution in [0.25, 0.3) is 11.6 Å². The lowest BCUT2D eigenvalue weighted by Gasteiger charge is -2.01. The third kappa shape index (κ3) is 2.91. The summed E-state index contributed by atoms with van der Waals surface area (Å²) in [6, 6.07) is 17.8. The fourth-order valence-corrected chi connectivity index (χ4v) is 1.66. The average Bonchev–Trinajstić information content (AvgIpc) is 2.38. The molecule has 0 radical (unpaired) electrons. The predicted octanol–water partition coefficient (Wildman–Crippen LogP) is 3.73. The van der Waals surface area contributed by atoms with E-state index >= 15 is 0 Å². The van der Waals surface area contributed by atoms with Crippen molar-refractivity contribution in [3.63, 3.8) is 0 Å². The van der Waals surface area contributed by atoms with Gasteiger partial charge in [0, 0.05) is 5.57 Å². The van der Waals surface area contributed by atoms with E-state index in [0.29, 0.717) is 5.57 Å². The molecule has 0 saturated heterocycles. The average molecular weight is 222 g/mol. The lowest BCUT2D eigenvalue weighted by molar-refractivity contribution is -0.103. The third-order valence-electron chi connectivity index (χ3n) is 2.63. The molecule has 0 unspecified atom stereocenters. The molecule has 0 aliphatic heterocycles. The largest absolute Gasteiger partial charge is 0.298 e. The number of hydrogen-bond acceptors (Lipinski definition) is 1. The molecule has 0 aliphatic carbocycles. The van der Waals surface area contributed by atoms with Crippen LogP contribution in [0.4, 0.5) is 0 Å². The standard InChI is InChI=1S/C16H14O/c1-13-7-9-15(10-8-13)16(12-17)11-14-5-3-2-4-6-14/h2-12H,1H3. The van der Waals surface area contributed by atoms with Crippen LogP contribution in [0.3, 0.4) is 0 Å². The number of benzene rings is 2. The monoisotopic (exact) mass is 222 g/mol. The van der Waals surface area contributed by atoms with Gasteiger partial charge < -0.3 is 0 Å². The van der Waals surface area contributed by atoms with Crippen molar-refractivity contribution < 1.29 is 4.79 Å². The summed E-state index contributed by atoms with van der Waals surface area (Å²) in [5.41, 5.74) is 3.89. The maximum atomic E-state index is 11.1. The van der Waals surface area contributed by atoms with Gasteiger partial charge in [-0.25, -0.2) is 0 Å². The van der Waals surface area contributed by atoms with E-state index < -0.39 is 0 Å². The zero-order chi connectivity index (χ0) is 12.1. The number of aldehydes is 1. The van der Waals surface area contributed by atoms with Gasteiger partial charge in [0.2, 0.25) is 0 Å². The first-order valence-electron chi connectivity index (χ1n) is 5.58. The van der Waals surface area contributed by atoms with Gasteiger partial charge in [-0.1, -0.05) is 60.2 Å². The van der Waals surface area contributed by atoms with Crippen molar-refractivity contribution >= 4 is 17.9 Å². The van der Waals surface area contributed by atoms with Crippen molar-refractivity contribution in [2.75, 3.05) is 0 Å². The van der Waals surface area contributed by atoms with E-state index in [0.717, 1.165) is 17.4 Å². The van der Waals surface area contributed by atoms with Gasteiger partial charge >= 0.3 is 0 Å². The number of allylic oxidation sites excluding steroid dienone is 1. The van der Waals surface area contributed by atoms with Crippen molar-refractivity contribution in [2.45, 2.75) is 6.92 Å². The van der Waals surface area contributed by atoms with E-state index in [1.165, 1.54) is 5.56 Å². The van der Waals surface area contributed by atoms with E-state index in [1.54, 1.807) is 0 Å². The Labute approximate surface area is 101 Å². The van der Waals surface area contributed by atoms with Crippen LogP contribution in [-0.2, 0) is 4.79 Å². The second-order valence-corrected chi connectivity index (χ2v) is 3.99. The minimum absolute atomic E-state index is 0.705. The SMILES string of the molecule is Cc1ccc(C(C=O)=Cc2ccccc2)cc1. The molecule has 2 rings (SSSR count). The molecule has 84 valence electrons. The van der Waals surface area contributed by atoms with Crippen molar-refractivity contribution in [3.05, 3.63) is 71.3 Å². The highest BCUT2D eigenvalue weighted by Gasteiger charge is 1.99. The lowest BCUT2D eigenvalue weighted by Crippen LogP contribution is -1.86. The second kappa shape index (κ2) is 5.26. The molecule has 0 atom stereocenters. The van der Waals surface area contributed by atoms with Crippen LogP contribution in [0, 0.1) is 6.92 Å². The van der Waals surface area contributed by atoms with Gasteiger partial charge in [-0.3, -0.25) is 4.79 Å². The molecule has 0 amide bonds. The zero-order valence-corrected chi connectivity index (χ0v) is 9.76. The van der Waals surface area contributed by atoms with Crippen LogP contribution < -0.4 is 0 Å². The van der Waals surface area contributed by atoms with E-state index in [9.17, 15) is 4.79 Å². The molecule has 0 aliphatic rings. The lowest BCUT2D eigenvalue weighted by atomic mass is 10.0. The predicted molar refractivity (Wildman–Crippen MR) is 71.6 cm³/mol. The maximum Gasteiger partial charge on any atom is 0.150 e. The number of hydrogen-bond donors (Lipinski definition) is 0. The van der Waals surface area contributed by atoms with Crippen LogP contribution in [0.15, 0.2) is 54.6 Å². The molecule has 0 bridgehead atoms. The minimum Gasteiger partial charge on any atom is -0.298 e. The van der Waals surface area contributed by atoms with Gasteiger partial charge in [0.1, 0.15) is 0 Å². The molecule has 0 saturated carbocycles. The summed E-state index contributed by atoms with van der Waals surface area (Å²) in [7, 11) is 0. The molecule has 17 heavy (non-hydrogen) atoms. The Bertz CT molecular complexity index is 521. The molecule has 0 N–H and O–H groups in total. The van der Waals surface area contributed by atoms with Gasteiger partial charge in [0.25, 0.3) is 0 Å². The molecule has 2 aromatic carbocycles. The van der Waals surface area contributed by atoms with Crippen LogP contribution in [-0.4, -0.2) is 6.29 Å². The first kappa shape index (κ1) is 11.3. The summed E-state index contributed by atoms with van der Waals surface area (Å²) in [5, 5.41) is 0. The smallest absolute Gasteiger partial charge is 0.150 e. The van der Waals surface area contributed by atoms with Crippen LogP contribution in [0.5, 0.6) is 0 Å². The van der Waals surface area contributed by atoms with Crippen molar-refractivity contribution in [1.29, 1.82) is 0 Å². The Balaban J connectivity index is 2.37. The molecule has 1 nitrogen and oxygen atoms in total. The van der Waals surface area contributed by atoms with Crippen molar-refractivity contribution in [2.24, 2.45) is 0 Å². The van der Waals surface area contributed by atoms with Gasteiger partial charge in [-0.2, -0.15) is 0 Å². The highest BCUT2D eigenvalue weighted by molar-refractivity contribution is 6.13. The van der Waals surface area contributed by atoms with Gasteiger partial charge in [-0.15, -0.1) is 0 Å². The molecule has 0 aromatic heterocycles. The van der Waals surface area contributed by atoms with Crippen LogP contribution in [0.1, 0.15) is 16.7 Å². The summed E-state index contributed by atoms with van der Waals surface area (Å²) in [4.78, 5) is 11.1. The Hall–Kier alpha value is -2.15. The third-order valence-corrected chi connectivity index (χ3v) is 2.63. The minimum atomic E-state index is 0.705. The maximum absolute atomic E-state index is 11.1. The summed E-state index contributed by atoms with van der Waals surface area (Å²) in [6.45, 7) is 2.03. The highest BCUT2D eigenvalue weighted by Crippen LogP contribution is 2.16. The highest BCUT2D eigenvalue weighted by atomic mass is 16.1. The van der Waals surface area contributed by atoms with E-state index in [4.69, 9.17) is 0 Å². The van der Waals surface area contributed by atoms with E-state index in [2.05, 4.69) is 0 Å². The molecule has 1 heteroatoms. The molecule has 0 spiro atoms. The molecule has 0 fully saturated rings. The Morgan fingerprint density at radius 3 is 2.18 bits per heavy atom. The van der Waals surface area contributed by atoms with Gasteiger partial charge in [0.05, 0.1) is 0 Å². The summed E-state index contributed by atoms with van der Waals surface area (Å²) < 4.78 is 0. The van der Waals surface area contributed by atoms with Crippen LogP contribution in [0.2, 0.25) is 0 Å². The van der Waals surface area contributed by atoms with Crippen LogP contribution >= 0.6 is 0 Å². The molecular formula is C16H14O. The topological polar surface area (TPSA) is 17.1 Å². The number of carbonyl (C=O) groups excluding carboxylic acids is 1. The second-order valence-electron chi connectivity index (χ2n) is 3.99. The molecule has 2 aromatic rings. The molecular weight excluding hydrogens is 208 g/mol.